The van der Waals surface area contributed by atoms with Crippen molar-refractivity contribution in [3.63, 3.8) is 0 Å². The molecule has 2 nitrogen and oxygen atoms in total. The molecule has 2 atom stereocenters. The lowest BCUT2D eigenvalue weighted by atomic mass is 9.82. The third-order valence-electron chi connectivity index (χ3n) is 2.85. The first kappa shape index (κ1) is 11.6. The second kappa shape index (κ2) is 4.34. The van der Waals surface area contributed by atoms with Crippen LogP contribution in [0.4, 0.5) is 8.78 Å². The summed E-state index contributed by atoms with van der Waals surface area (Å²) in [6.07, 6.45) is 2.29. The van der Waals surface area contributed by atoms with Gasteiger partial charge in [0.25, 0.3) is 0 Å². The summed E-state index contributed by atoms with van der Waals surface area (Å²) in [5, 5.41) is 0. The first-order valence-corrected chi connectivity index (χ1v) is 4.93. The number of rotatable bonds is 2. The second-order valence-corrected chi connectivity index (χ2v) is 4.20. The van der Waals surface area contributed by atoms with Crippen molar-refractivity contribution < 1.29 is 8.78 Å². The van der Waals surface area contributed by atoms with Crippen LogP contribution in [0.5, 0.6) is 0 Å². The molecule has 0 aliphatic heterocycles. The highest BCUT2D eigenvalue weighted by Gasteiger charge is 2.41. The molecule has 1 rings (SSSR count). The second-order valence-electron chi connectivity index (χ2n) is 4.20. The molecule has 0 spiro atoms. The molecule has 0 aromatic heterocycles. The van der Waals surface area contributed by atoms with E-state index in [1.165, 1.54) is 0 Å². The van der Waals surface area contributed by atoms with Gasteiger partial charge in [-0.05, 0) is 20.5 Å². The predicted molar refractivity (Wildman–Crippen MR) is 54.2 cm³/mol. The fourth-order valence-electron chi connectivity index (χ4n) is 2.06. The van der Waals surface area contributed by atoms with Crippen LogP contribution in [0, 0.1) is 5.92 Å². The van der Waals surface area contributed by atoms with E-state index >= 15 is 0 Å². The van der Waals surface area contributed by atoms with Crippen LogP contribution >= 0.6 is 0 Å². The van der Waals surface area contributed by atoms with E-state index in [1.54, 1.807) is 13.3 Å². The van der Waals surface area contributed by atoms with Gasteiger partial charge in [0.05, 0.1) is 0 Å². The summed E-state index contributed by atoms with van der Waals surface area (Å²) in [6, 6.07) is -0.0811. The van der Waals surface area contributed by atoms with Gasteiger partial charge in [-0.1, -0.05) is 0 Å². The number of hydrogen-bond acceptors (Lipinski definition) is 2. The Morgan fingerprint density at radius 1 is 1.43 bits per heavy atom. The Hall–Kier alpha value is -0.510. The first-order chi connectivity index (χ1) is 6.46. The summed E-state index contributed by atoms with van der Waals surface area (Å²) in [4.78, 5) is 5.82. The van der Waals surface area contributed by atoms with Crippen molar-refractivity contribution in [1.29, 1.82) is 0 Å². The van der Waals surface area contributed by atoms with Gasteiger partial charge < -0.3 is 9.89 Å². The highest BCUT2D eigenvalue weighted by atomic mass is 19.3. The lowest BCUT2D eigenvalue weighted by molar-refractivity contribution is -0.0652. The monoisotopic (exact) mass is 204 g/mol. The van der Waals surface area contributed by atoms with Crippen LogP contribution < -0.4 is 0 Å². The molecule has 0 aromatic carbocycles. The van der Waals surface area contributed by atoms with Crippen LogP contribution in [0.2, 0.25) is 0 Å². The summed E-state index contributed by atoms with van der Waals surface area (Å²) in [5.74, 6) is -2.32. The van der Waals surface area contributed by atoms with Crippen LogP contribution in [-0.4, -0.2) is 44.2 Å². The summed E-state index contributed by atoms with van der Waals surface area (Å²) in [7, 11) is 5.39. The first-order valence-electron chi connectivity index (χ1n) is 4.93. The van der Waals surface area contributed by atoms with E-state index in [0.717, 1.165) is 0 Å². The van der Waals surface area contributed by atoms with Crippen molar-refractivity contribution in [3.8, 4) is 0 Å². The lowest BCUT2D eigenvalue weighted by Gasteiger charge is -2.37. The normalized spacial score (nSPS) is 32.7. The van der Waals surface area contributed by atoms with Gasteiger partial charge >= 0.3 is 0 Å². The third-order valence-corrected chi connectivity index (χ3v) is 2.85. The van der Waals surface area contributed by atoms with Crippen molar-refractivity contribution in [2.45, 2.75) is 31.2 Å². The topological polar surface area (TPSA) is 15.6 Å². The molecule has 14 heavy (non-hydrogen) atoms. The number of hydrogen-bond donors (Lipinski definition) is 0. The molecule has 0 amide bonds. The quantitative estimate of drug-likeness (QED) is 0.628. The molecule has 0 radical (unpaired) electrons. The molecule has 1 aliphatic rings. The molecule has 0 aromatic rings. The van der Waals surface area contributed by atoms with E-state index in [1.807, 2.05) is 19.0 Å². The molecule has 1 unspecified atom stereocenters. The van der Waals surface area contributed by atoms with E-state index in [2.05, 4.69) is 4.99 Å². The van der Waals surface area contributed by atoms with Gasteiger partial charge in [0.2, 0.25) is 5.92 Å². The molecule has 0 N–H and O–H groups in total. The van der Waals surface area contributed by atoms with Crippen LogP contribution in [0.3, 0.4) is 0 Å². The van der Waals surface area contributed by atoms with Crippen LogP contribution in [0.25, 0.3) is 0 Å². The molecule has 1 saturated carbocycles. The molecule has 0 bridgehead atoms. The van der Waals surface area contributed by atoms with E-state index < -0.39 is 5.92 Å². The SMILES string of the molecule is C/N=C/C1CCC(F)(F)C[C@@H]1N(C)C. The summed E-state index contributed by atoms with van der Waals surface area (Å²) in [6.45, 7) is 0. The summed E-state index contributed by atoms with van der Waals surface area (Å²) in [5.41, 5.74) is 0. The minimum atomic E-state index is -2.49. The van der Waals surface area contributed by atoms with Gasteiger partial charge in [-0.15, -0.1) is 0 Å². The predicted octanol–water partition coefficient (Wildman–Crippen LogP) is 2.05. The Bertz CT molecular complexity index is 214. The maximum Gasteiger partial charge on any atom is 0.249 e. The average molecular weight is 204 g/mol. The molecule has 1 aliphatic carbocycles. The fraction of sp³-hybridized carbons (Fsp3) is 0.900. The summed E-state index contributed by atoms with van der Waals surface area (Å²) < 4.78 is 26.3. The highest BCUT2D eigenvalue weighted by molar-refractivity contribution is 5.61. The highest BCUT2D eigenvalue weighted by Crippen LogP contribution is 2.37. The van der Waals surface area contributed by atoms with Gasteiger partial charge in [-0.2, -0.15) is 0 Å². The van der Waals surface area contributed by atoms with Crippen molar-refractivity contribution >= 4 is 6.21 Å². The minimum Gasteiger partial charge on any atom is -0.306 e. The third kappa shape index (κ3) is 2.74. The van der Waals surface area contributed by atoms with E-state index in [9.17, 15) is 8.78 Å². The smallest absolute Gasteiger partial charge is 0.249 e. The lowest BCUT2D eigenvalue weighted by Crippen LogP contribution is -2.45. The zero-order chi connectivity index (χ0) is 10.8. The minimum absolute atomic E-state index is 0.00593. The fourth-order valence-corrected chi connectivity index (χ4v) is 2.06. The van der Waals surface area contributed by atoms with Crippen LogP contribution in [0.15, 0.2) is 4.99 Å². The van der Waals surface area contributed by atoms with Crippen molar-refractivity contribution in [2.24, 2.45) is 10.9 Å². The zero-order valence-corrected chi connectivity index (χ0v) is 9.00. The number of alkyl halides is 2. The Morgan fingerprint density at radius 2 is 2.07 bits per heavy atom. The maximum atomic E-state index is 13.2. The van der Waals surface area contributed by atoms with Gasteiger partial charge in [-0.25, -0.2) is 8.78 Å². The van der Waals surface area contributed by atoms with Crippen LogP contribution in [-0.2, 0) is 0 Å². The molecule has 0 saturated heterocycles. The van der Waals surface area contributed by atoms with Gasteiger partial charge in [0, 0.05) is 38.1 Å². The Labute approximate surface area is 84.0 Å². The van der Waals surface area contributed by atoms with Crippen molar-refractivity contribution in [1.82, 2.24) is 4.90 Å². The zero-order valence-electron chi connectivity index (χ0n) is 9.00. The average Bonchev–Trinajstić information content (AvgIpc) is 2.08. The molecule has 82 valence electrons. The van der Waals surface area contributed by atoms with Gasteiger partial charge in [0.1, 0.15) is 0 Å². The summed E-state index contributed by atoms with van der Waals surface area (Å²) >= 11 is 0. The number of aliphatic imine (C=N–C) groups is 1. The molecule has 0 heterocycles. The number of nitrogens with zero attached hydrogens (tertiary/aromatic N) is 2. The van der Waals surface area contributed by atoms with Gasteiger partial charge in [-0.3, -0.25) is 0 Å². The van der Waals surface area contributed by atoms with Crippen LogP contribution in [0.1, 0.15) is 19.3 Å². The van der Waals surface area contributed by atoms with E-state index in [0.29, 0.717) is 6.42 Å². The van der Waals surface area contributed by atoms with E-state index in [-0.39, 0.29) is 24.8 Å². The Morgan fingerprint density at radius 3 is 2.57 bits per heavy atom. The van der Waals surface area contributed by atoms with Crippen molar-refractivity contribution in [2.75, 3.05) is 21.1 Å². The largest absolute Gasteiger partial charge is 0.306 e. The molecular weight excluding hydrogens is 186 g/mol. The standard InChI is InChI=1S/C10H18F2N2/c1-13-7-8-4-5-10(11,12)6-9(8)14(2)3/h7-9H,4-6H2,1-3H3/b13-7+/t8?,9-/m0/s1. The molecular formula is C10H18F2N2. The van der Waals surface area contributed by atoms with E-state index in [4.69, 9.17) is 0 Å². The van der Waals surface area contributed by atoms with Crippen molar-refractivity contribution in [3.05, 3.63) is 0 Å². The Kier molecular flexibility index (Phi) is 3.59. The molecule has 1 fully saturated rings. The number of halogens is 2. The Balaban J connectivity index is 2.70. The molecule has 4 heteroatoms. The van der Waals surface area contributed by atoms with Gasteiger partial charge in [0.15, 0.2) is 0 Å². The maximum absolute atomic E-state index is 13.2.